The molecule has 122 valence electrons. The molecule has 3 nitrogen and oxygen atoms in total. The molecule has 4 fully saturated rings. The quantitative estimate of drug-likeness (QED) is 0.931. The van der Waals surface area contributed by atoms with Crippen LogP contribution in [-0.4, -0.2) is 29.9 Å². The molecule has 1 N–H and O–H groups in total. The number of nitrogens with one attached hydrogen (secondary N) is 1. The van der Waals surface area contributed by atoms with E-state index in [-0.39, 0.29) is 5.91 Å². The van der Waals surface area contributed by atoms with Crippen LogP contribution in [0.5, 0.6) is 0 Å². The number of fused-ring (bicyclic) bond motifs is 1. The molecular weight excluding hydrogens is 284 g/mol. The number of amides is 1. The van der Waals surface area contributed by atoms with Crippen molar-refractivity contribution in [3.05, 3.63) is 35.4 Å². The van der Waals surface area contributed by atoms with Crippen LogP contribution in [-0.2, 0) is 17.8 Å². The molecule has 1 aliphatic heterocycles. The molecule has 0 aromatic heterocycles. The molecule has 6 rings (SSSR count). The van der Waals surface area contributed by atoms with Crippen molar-refractivity contribution in [2.75, 3.05) is 13.1 Å². The number of benzene rings is 1. The second kappa shape index (κ2) is 5.34. The first-order chi connectivity index (χ1) is 11.3. The van der Waals surface area contributed by atoms with E-state index in [1.807, 2.05) is 0 Å². The largest absolute Gasteiger partial charge is 0.352 e. The van der Waals surface area contributed by atoms with Gasteiger partial charge in [0.1, 0.15) is 0 Å². The van der Waals surface area contributed by atoms with Gasteiger partial charge in [0.2, 0.25) is 5.91 Å². The smallest absolute Gasteiger partial charge is 0.234 e. The molecule has 3 heteroatoms. The first-order valence-electron chi connectivity index (χ1n) is 9.35. The van der Waals surface area contributed by atoms with Crippen LogP contribution in [0.1, 0.15) is 36.8 Å². The molecule has 23 heavy (non-hydrogen) atoms. The minimum absolute atomic E-state index is 0.255. The van der Waals surface area contributed by atoms with Gasteiger partial charge < -0.3 is 5.32 Å². The van der Waals surface area contributed by atoms with Crippen molar-refractivity contribution in [1.29, 1.82) is 0 Å². The maximum atomic E-state index is 12.6. The summed E-state index contributed by atoms with van der Waals surface area (Å²) in [6, 6.07) is 9.13. The summed E-state index contributed by atoms with van der Waals surface area (Å²) in [7, 11) is 0. The highest BCUT2D eigenvalue weighted by molar-refractivity contribution is 5.78. The van der Waals surface area contributed by atoms with Gasteiger partial charge in [-0.3, -0.25) is 9.69 Å². The Morgan fingerprint density at radius 2 is 1.91 bits per heavy atom. The van der Waals surface area contributed by atoms with E-state index in [9.17, 15) is 4.79 Å². The lowest BCUT2D eigenvalue weighted by atomic mass is 9.79. The van der Waals surface area contributed by atoms with Gasteiger partial charge in [0.15, 0.2) is 0 Å². The topological polar surface area (TPSA) is 32.3 Å². The highest BCUT2D eigenvalue weighted by Crippen LogP contribution is 2.57. The minimum atomic E-state index is 0.255. The summed E-state index contributed by atoms with van der Waals surface area (Å²) in [6.45, 7) is 2.50. The molecule has 5 atom stereocenters. The third-order valence-corrected chi connectivity index (χ3v) is 6.96. The summed E-state index contributed by atoms with van der Waals surface area (Å²) >= 11 is 0. The molecule has 1 aromatic rings. The highest BCUT2D eigenvalue weighted by atomic mass is 16.2. The van der Waals surface area contributed by atoms with Gasteiger partial charge in [0.05, 0.1) is 6.54 Å². The lowest BCUT2D eigenvalue weighted by molar-refractivity contribution is -0.124. The Labute approximate surface area is 138 Å². The van der Waals surface area contributed by atoms with Crippen LogP contribution in [0, 0.1) is 23.7 Å². The van der Waals surface area contributed by atoms with Gasteiger partial charge in [0, 0.05) is 19.1 Å². The van der Waals surface area contributed by atoms with E-state index in [4.69, 9.17) is 0 Å². The number of rotatable bonds is 3. The second-order valence-corrected chi connectivity index (χ2v) is 8.32. The Morgan fingerprint density at radius 1 is 1.09 bits per heavy atom. The fraction of sp³-hybridized carbons (Fsp3) is 0.650. The molecule has 4 saturated carbocycles. The zero-order valence-corrected chi connectivity index (χ0v) is 13.7. The summed E-state index contributed by atoms with van der Waals surface area (Å²) in [5, 5.41) is 3.43. The van der Waals surface area contributed by atoms with Crippen molar-refractivity contribution in [3.8, 4) is 0 Å². The molecule has 0 saturated heterocycles. The van der Waals surface area contributed by atoms with Gasteiger partial charge in [-0.25, -0.2) is 0 Å². The zero-order valence-electron chi connectivity index (χ0n) is 13.7. The first-order valence-corrected chi connectivity index (χ1v) is 9.35. The van der Waals surface area contributed by atoms with Gasteiger partial charge in [-0.15, -0.1) is 0 Å². The standard InChI is InChI=1S/C20H26N2O/c23-19(12-22-6-5-14-3-1-2-4-15(14)11-22)21-20-17-8-13-7-16(10-17)18(20)9-13/h1-4,13,16-18,20H,5-12H2,(H,21,23). The molecule has 4 bridgehead atoms. The third kappa shape index (κ3) is 2.40. The van der Waals surface area contributed by atoms with Gasteiger partial charge >= 0.3 is 0 Å². The van der Waals surface area contributed by atoms with E-state index in [0.717, 1.165) is 43.2 Å². The fourth-order valence-corrected chi connectivity index (χ4v) is 6.08. The van der Waals surface area contributed by atoms with Crippen molar-refractivity contribution in [2.24, 2.45) is 23.7 Å². The van der Waals surface area contributed by atoms with E-state index in [1.54, 1.807) is 0 Å². The summed E-state index contributed by atoms with van der Waals surface area (Å²) in [5.41, 5.74) is 2.85. The van der Waals surface area contributed by atoms with Gasteiger partial charge in [-0.2, -0.15) is 0 Å². The molecule has 5 aliphatic rings. The van der Waals surface area contributed by atoms with E-state index in [2.05, 4.69) is 34.5 Å². The Bertz CT molecular complexity index is 624. The van der Waals surface area contributed by atoms with E-state index in [0.29, 0.717) is 12.6 Å². The molecular formula is C20H26N2O. The Kier molecular flexibility index (Phi) is 3.26. The zero-order chi connectivity index (χ0) is 15.4. The molecule has 0 spiro atoms. The first kappa shape index (κ1) is 14.0. The van der Waals surface area contributed by atoms with Crippen LogP contribution in [0.25, 0.3) is 0 Å². The predicted molar refractivity (Wildman–Crippen MR) is 89.8 cm³/mol. The van der Waals surface area contributed by atoms with E-state index >= 15 is 0 Å². The molecule has 5 unspecified atom stereocenters. The van der Waals surface area contributed by atoms with Crippen LogP contribution < -0.4 is 5.32 Å². The maximum Gasteiger partial charge on any atom is 0.234 e. The number of hydrogen-bond donors (Lipinski definition) is 1. The maximum absolute atomic E-state index is 12.6. The lowest BCUT2D eigenvalue weighted by Gasteiger charge is -2.34. The number of carbonyl (C=O) groups excluding carboxylic acids is 1. The molecule has 0 radical (unpaired) electrons. The Balaban J connectivity index is 1.20. The molecule has 4 aliphatic carbocycles. The van der Waals surface area contributed by atoms with Gasteiger partial charge in [-0.05, 0) is 66.9 Å². The molecule has 1 aromatic carbocycles. The van der Waals surface area contributed by atoms with E-state index in [1.165, 1.54) is 36.8 Å². The fourth-order valence-electron chi connectivity index (χ4n) is 6.08. The summed E-state index contributed by atoms with van der Waals surface area (Å²) < 4.78 is 0. The van der Waals surface area contributed by atoms with Crippen LogP contribution in [0.3, 0.4) is 0 Å². The van der Waals surface area contributed by atoms with Crippen LogP contribution >= 0.6 is 0 Å². The van der Waals surface area contributed by atoms with Crippen LogP contribution in [0.15, 0.2) is 24.3 Å². The minimum Gasteiger partial charge on any atom is -0.352 e. The van der Waals surface area contributed by atoms with Crippen molar-refractivity contribution in [3.63, 3.8) is 0 Å². The molecule has 1 amide bonds. The van der Waals surface area contributed by atoms with Crippen LogP contribution in [0.2, 0.25) is 0 Å². The summed E-state index contributed by atoms with van der Waals surface area (Å²) in [6.07, 6.45) is 6.64. The van der Waals surface area contributed by atoms with Crippen molar-refractivity contribution < 1.29 is 4.79 Å². The monoisotopic (exact) mass is 310 g/mol. The Hall–Kier alpha value is -1.35. The summed E-state index contributed by atoms with van der Waals surface area (Å²) in [5.74, 6) is 3.74. The van der Waals surface area contributed by atoms with Gasteiger partial charge in [0.25, 0.3) is 0 Å². The lowest BCUT2D eigenvalue weighted by Crippen LogP contribution is -2.48. The SMILES string of the molecule is O=C(CN1CCc2ccccc2C1)NC1C2CC3CC(C2)C1C3. The van der Waals surface area contributed by atoms with Gasteiger partial charge in [-0.1, -0.05) is 24.3 Å². The highest BCUT2D eigenvalue weighted by Gasteiger charge is 2.54. The average molecular weight is 310 g/mol. The van der Waals surface area contributed by atoms with Crippen molar-refractivity contribution in [2.45, 2.75) is 44.7 Å². The second-order valence-electron chi connectivity index (χ2n) is 8.32. The van der Waals surface area contributed by atoms with Crippen LogP contribution in [0.4, 0.5) is 0 Å². The molecule has 1 heterocycles. The third-order valence-electron chi connectivity index (χ3n) is 6.96. The van der Waals surface area contributed by atoms with Crippen molar-refractivity contribution >= 4 is 5.91 Å². The average Bonchev–Trinajstić information content (AvgIpc) is 2.97. The Morgan fingerprint density at radius 3 is 2.78 bits per heavy atom. The van der Waals surface area contributed by atoms with E-state index < -0.39 is 0 Å². The number of nitrogens with zero attached hydrogens (tertiary/aromatic N) is 1. The number of hydrogen-bond acceptors (Lipinski definition) is 2. The van der Waals surface area contributed by atoms with Crippen molar-refractivity contribution in [1.82, 2.24) is 10.2 Å². The summed E-state index contributed by atoms with van der Waals surface area (Å²) in [4.78, 5) is 14.9. The number of carbonyl (C=O) groups is 1. The normalized spacial score (nSPS) is 37.8. The predicted octanol–water partition coefficient (Wildman–Crippen LogP) is 2.60.